The summed E-state index contributed by atoms with van der Waals surface area (Å²) in [6, 6.07) is 9.92. The fourth-order valence-corrected chi connectivity index (χ4v) is 1.67. The maximum absolute atomic E-state index is 11.0. The molecule has 82 valence electrons. The van der Waals surface area contributed by atoms with E-state index >= 15 is 0 Å². The van der Waals surface area contributed by atoms with Crippen LogP contribution in [0.2, 0.25) is 0 Å². The molecule has 0 bridgehead atoms. The van der Waals surface area contributed by atoms with Crippen LogP contribution in [-0.4, -0.2) is 15.6 Å². The molecule has 1 aromatic heterocycles. The average Bonchev–Trinajstić information content (AvgIpc) is 2.80. The fourth-order valence-electron chi connectivity index (χ4n) is 1.67. The second-order valence-corrected chi connectivity index (χ2v) is 3.78. The van der Waals surface area contributed by atoms with E-state index < -0.39 is 0 Å². The molecule has 0 N–H and O–H groups in total. The standard InChI is InChI=1S/C13H14N2O/c1-11(16)7-8-12-5-2-3-6-13(12)15-10-4-9-14-15/h2-6,9-10H,7-8H2,1H3. The molecule has 0 atom stereocenters. The van der Waals surface area contributed by atoms with Crippen LogP contribution in [0.4, 0.5) is 0 Å². The number of hydrogen-bond donors (Lipinski definition) is 0. The number of nitrogens with zero attached hydrogens (tertiary/aromatic N) is 2. The van der Waals surface area contributed by atoms with Crippen molar-refractivity contribution in [2.45, 2.75) is 19.8 Å². The first-order valence-corrected chi connectivity index (χ1v) is 5.35. The van der Waals surface area contributed by atoms with Crippen LogP contribution in [0.5, 0.6) is 0 Å². The summed E-state index contributed by atoms with van der Waals surface area (Å²) in [4.78, 5) is 11.0. The van der Waals surface area contributed by atoms with E-state index in [0.717, 1.165) is 17.7 Å². The summed E-state index contributed by atoms with van der Waals surface area (Å²) in [5.74, 6) is 0.218. The molecule has 16 heavy (non-hydrogen) atoms. The molecule has 0 unspecified atom stereocenters. The zero-order chi connectivity index (χ0) is 11.4. The van der Waals surface area contributed by atoms with E-state index in [1.165, 1.54) is 0 Å². The molecule has 0 spiro atoms. The normalized spacial score (nSPS) is 10.3. The summed E-state index contributed by atoms with van der Waals surface area (Å²) < 4.78 is 1.83. The van der Waals surface area contributed by atoms with Gasteiger partial charge < -0.3 is 4.79 Å². The fraction of sp³-hybridized carbons (Fsp3) is 0.231. The topological polar surface area (TPSA) is 34.9 Å². The van der Waals surface area contributed by atoms with Gasteiger partial charge in [-0.25, -0.2) is 4.68 Å². The number of rotatable bonds is 4. The number of aromatic nitrogens is 2. The molecule has 0 radical (unpaired) electrons. The van der Waals surface area contributed by atoms with Gasteiger partial charge in [-0.3, -0.25) is 0 Å². The Kier molecular flexibility index (Phi) is 3.15. The summed E-state index contributed by atoms with van der Waals surface area (Å²) in [6.45, 7) is 1.62. The molecule has 0 aliphatic rings. The number of aryl methyl sites for hydroxylation is 1. The highest BCUT2D eigenvalue weighted by Gasteiger charge is 2.04. The Balaban J connectivity index is 2.27. The molecule has 0 amide bonds. The van der Waals surface area contributed by atoms with Crippen molar-refractivity contribution in [1.82, 2.24) is 9.78 Å². The number of carbonyl (C=O) groups is 1. The van der Waals surface area contributed by atoms with Gasteiger partial charge in [0.1, 0.15) is 5.78 Å². The van der Waals surface area contributed by atoms with Crippen molar-refractivity contribution in [1.29, 1.82) is 0 Å². The van der Waals surface area contributed by atoms with Gasteiger partial charge in [-0.1, -0.05) is 18.2 Å². The molecule has 0 aliphatic heterocycles. The third-order valence-electron chi connectivity index (χ3n) is 2.49. The van der Waals surface area contributed by atoms with Gasteiger partial charge in [0.15, 0.2) is 0 Å². The number of hydrogen-bond acceptors (Lipinski definition) is 2. The molecule has 3 nitrogen and oxygen atoms in total. The van der Waals surface area contributed by atoms with Gasteiger partial charge in [0, 0.05) is 18.8 Å². The summed E-state index contributed by atoms with van der Waals surface area (Å²) in [5, 5.41) is 4.21. The lowest BCUT2D eigenvalue weighted by molar-refractivity contribution is -0.116. The summed E-state index contributed by atoms with van der Waals surface area (Å²) >= 11 is 0. The quantitative estimate of drug-likeness (QED) is 0.783. The van der Waals surface area contributed by atoms with Crippen LogP contribution in [0.15, 0.2) is 42.7 Å². The Hall–Kier alpha value is -1.90. The molecular weight excluding hydrogens is 200 g/mol. The van der Waals surface area contributed by atoms with Gasteiger partial charge >= 0.3 is 0 Å². The van der Waals surface area contributed by atoms with E-state index in [1.807, 2.05) is 41.2 Å². The van der Waals surface area contributed by atoms with Gasteiger partial charge in [-0.15, -0.1) is 0 Å². The smallest absolute Gasteiger partial charge is 0.130 e. The van der Waals surface area contributed by atoms with Crippen LogP contribution in [0.3, 0.4) is 0 Å². The Morgan fingerprint density at radius 1 is 1.31 bits per heavy atom. The van der Waals surface area contributed by atoms with Gasteiger partial charge in [-0.05, 0) is 31.0 Å². The van der Waals surface area contributed by atoms with Gasteiger partial charge in [0.05, 0.1) is 5.69 Å². The van der Waals surface area contributed by atoms with Crippen LogP contribution >= 0.6 is 0 Å². The summed E-state index contributed by atoms with van der Waals surface area (Å²) in [6.07, 6.45) is 5.01. The highest BCUT2D eigenvalue weighted by atomic mass is 16.1. The number of ketones is 1. The van der Waals surface area contributed by atoms with E-state index in [2.05, 4.69) is 5.10 Å². The predicted octanol–water partition coefficient (Wildman–Crippen LogP) is 2.39. The zero-order valence-electron chi connectivity index (χ0n) is 9.26. The maximum atomic E-state index is 11.0. The third kappa shape index (κ3) is 2.37. The lowest BCUT2D eigenvalue weighted by atomic mass is 10.1. The predicted molar refractivity (Wildman–Crippen MR) is 62.6 cm³/mol. The summed E-state index contributed by atoms with van der Waals surface area (Å²) in [5.41, 5.74) is 2.20. The number of Topliss-reactive ketones (excluding diaryl/α,β-unsaturated/α-hetero) is 1. The molecule has 0 saturated heterocycles. The van der Waals surface area contributed by atoms with Crippen LogP contribution in [0.1, 0.15) is 18.9 Å². The van der Waals surface area contributed by atoms with Crippen LogP contribution in [-0.2, 0) is 11.2 Å². The largest absolute Gasteiger partial charge is 0.300 e. The first kappa shape index (κ1) is 10.6. The highest BCUT2D eigenvalue weighted by Crippen LogP contribution is 2.15. The van der Waals surface area contributed by atoms with E-state index in [4.69, 9.17) is 0 Å². The zero-order valence-corrected chi connectivity index (χ0v) is 9.26. The van der Waals surface area contributed by atoms with E-state index in [1.54, 1.807) is 13.1 Å². The molecule has 0 saturated carbocycles. The Labute approximate surface area is 94.7 Å². The molecular formula is C13H14N2O. The van der Waals surface area contributed by atoms with Crippen molar-refractivity contribution >= 4 is 5.78 Å². The maximum Gasteiger partial charge on any atom is 0.130 e. The highest BCUT2D eigenvalue weighted by molar-refractivity contribution is 5.75. The van der Waals surface area contributed by atoms with Crippen molar-refractivity contribution < 1.29 is 4.79 Å². The Bertz CT molecular complexity index is 474. The third-order valence-corrected chi connectivity index (χ3v) is 2.49. The monoisotopic (exact) mass is 214 g/mol. The molecule has 0 fully saturated rings. The molecule has 3 heteroatoms. The van der Waals surface area contributed by atoms with Crippen LogP contribution < -0.4 is 0 Å². The van der Waals surface area contributed by atoms with Gasteiger partial charge in [0.2, 0.25) is 0 Å². The lowest BCUT2D eigenvalue weighted by Crippen LogP contribution is -2.02. The first-order chi connectivity index (χ1) is 7.77. The van der Waals surface area contributed by atoms with Crippen LogP contribution in [0.25, 0.3) is 5.69 Å². The van der Waals surface area contributed by atoms with Crippen molar-refractivity contribution in [2.75, 3.05) is 0 Å². The second kappa shape index (κ2) is 4.75. The molecule has 1 aromatic carbocycles. The van der Waals surface area contributed by atoms with Gasteiger partial charge in [0.25, 0.3) is 0 Å². The first-order valence-electron chi connectivity index (χ1n) is 5.35. The van der Waals surface area contributed by atoms with Crippen molar-refractivity contribution in [2.24, 2.45) is 0 Å². The molecule has 2 aromatic rings. The van der Waals surface area contributed by atoms with Crippen molar-refractivity contribution in [3.8, 4) is 5.69 Å². The van der Waals surface area contributed by atoms with E-state index in [9.17, 15) is 4.79 Å². The van der Waals surface area contributed by atoms with Crippen LogP contribution in [0, 0.1) is 0 Å². The summed E-state index contributed by atoms with van der Waals surface area (Å²) in [7, 11) is 0. The van der Waals surface area contributed by atoms with Crippen molar-refractivity contribution in [3.05, 3.63) is 48.3 Å². The Morgan fingerprint density at radius 3 is 2.81 bits per heavy atom. The molecule has 2 rings (SSSR count). The average molecular weight is 214 g/mol. The van der Waals surface area contributed by atoms with E-state index in [0.29, 0.717) is 6.42 Å². The van der Waals surface area contributed by atoms with Gasteiger partial charge in [-0.2, -0.15) is 5.10 Å². The SMILES string of the molecule is CC(=O)CCc1ccccc1-n1cccn1. The van der Waals surface area contributed by atoms with Crippen molar-refractivity contribution in [3.63, 3.8) is 0 Å². The number of benzene rings is 1. The minimum Gasteiger partial charge on any atom is -0.300 e. The molecule has 0 aliphatic carbocycles. The minimum absolute atomic E-state index is 0.218. The lowest BCUT2D eigenvalue weighted by Gasteiger charge is -2.08. The Morgan fingerprint density at radius 2 is 2.12 bits per heavy atom. The number of carbonyl (C=O) groups excluding carboxylic acids is 1. The number of para-hydroxylation sites is 1. The minimum atomic E-state index is 0.218. The second-order valence-electron chi connectivity index (χ2n) is 3.78. The van der Waals surface area contributed by atoms with E-state index in [-0.39, 0.29) is 5.78 Å². The molecule has 1 heterocycles.